The molecule has 0 N–H and O–H groups in total. The largest absolute Gasteiger partial charge is 0.365 e. The van der Waals surface area contributed by atoms with Gasteiger partial charge in [-0.1, -0.05) is 0 Å². The highest BCUT2D eigenvalue weighted by molar-refractivity contribution is 5.84. The van der Waals surface area contributed by atoms with Crippen LogP contribution in [0.4, 0.5) is 17.6 Å². The molecule has 0 saturated heterocycles. The van der Waals surface area contributed by atoms with E-state index in [4.69, 9.17) is 0 Å². The van der Waals surface area contributed by atoms with Gasteiger partial charge in [0.25, 0.3) is 11.3 Å². The molecule has 0 radical (unpaired) electrons. The molecule has 1 aliphatic rings. The molecule has 7 rings (SSSR count). The van der Waals surface area contributed by atoms with Crippen molar-refractivity contribution in [3.05, 3.63) is 75.9 Å². The number of alkyl halides is 4. The van der Waals surface area contributed by atoms with E-state index in [1.165, 1.54) is 0 Å². The molecule has 0 fully saturated rings. The van der Waals surface area contributed by atoms with E-state index in [1.807, 2.05) is 0 Å². The van der Waals surface area contributed by atoms with Gasteiger partial charge in [-0.15, -0.1) is 0 Å². The minimum absolute atomic E-state index is 0.524. The fourth-order valence-corrected chi connectivity index (χ4v) is 4.97. The summed E-state index contributed by atoms with van der Waals surface area (Å²) in [6, 6.07) is 0. The summed E-state index contributed by atoms with van der Waals surface area (Å²) in [6.07, 6.45) is 11.0. The molecule has 0 aliphatic heterocycles. The minimum atomic E-state index is -5.18. The van der Waals surface area contributed by atoms with Crippen molar-refractivity contribution in [1.82, 2.24) is 88.6 Å². The van der Waals surface area contributed by atoms with Crippen LogP contribution in [0, 0.1) is 0 Å². The smallest absolute Gasteiger partial charge is 0.223 e. The minimum Gasteiger partial charge on any atom is -0.223 e. The number of rotatable bonds is 6. The number of hydrogen-bond donors (Lipinski definition) is 0. The third-order valence-corrected chi connectivity index (χ3v) is 6.45. The first-order valence-electron chi connectivity index (χ1n) is 11.0. The first kappa shape index (κ1) is 23.4. The van der Waals surface area contributed by atoms with Crippen LogP contribution < -0.4 is 0 Å². The summed E-state index contributed by atoms with van der Waals surface area (Å²) >= 11 is 0. The van der Waals surface area contributed by atoms with E-state index in [-0.39, 0.29) is 0 Å². The van der Waals surface area contributed by atoms with E-state index in [0.717, 1.165) is 85.3 Å². The van der Waals surface area contributed by atoms with Crippen molar-refractivity contribution in [3.63, 3.8) is 0 Å². The van der Waals surface area contributed by atoms with Crippen LogP contribution in [-0.4, -0.2) is 100 Å². The second kappa shape index (κ2) is 7.90. The fraction of sp³-hybridized carbons (Fsp3) is 0.222. The van der Waals surface area contributed by atoms with Crippen molar-refractivity contribution < 1.29 is 17.6 Å². The molecule has 6 heterocycles. The normalized spacial score (nSPS) is 19.2. The molecule has 0 amide bonds. The summed E-state index contributed by atoms with van der Waals surface area (Å²) in [5.74, 6) is -10.4. The van der Waals surface area contributed by atoms with Crippen molar-refractivity contribution in [2.45, 2.75) is 23.2 Å². The number of halogens is 4. The van der Waals surface area contributed by atoms with Gasteiger partial charge in [0.15, 0.2) is 0 Å². The third kappa shape index (κ3) is 2.55. The predicted molar refractivity (Wildman–Crippen MR) is 116 cm³/mol. The zero-order chi connectivity index (χ0) is 27.6. The van der Waals surface area contributed by atoms with Crippen molar-refractivity contribution in [3.8, 4) is 0 Å². The summed E-state index contributed by atoms with van der Waals surface area (Å²) < 4.78 is 73.3. The Bertz CT molecular complexity index is 1540. The molecule has 6 aromatic heterocycles. The summed E-state index contributed by atoms with van der Waals surface area (Å²) in [4.78, 5) is 22.8. The Hall–Kier alpha value is -5.70. The molecule has 0 bridgehead atoms. The topological polar surface area (TPSA) is 184 Å². The Morgan fingerprint density at radius 2 is 0.675 bits per heavy atom. The maximum Gasteiger partial charge on any atom is 0.365 e. The number of allylic oxidation sites excluding steroid dienone is 2. The molecule has 0 spiro atoms. The Morgan fingerprint density at radius 1 is 0.400 bits per heavy atom. The van der Waals surface area contributed by atoms with E-state index in [0.29, 0.717) is 18.7 Å². The monoisotopic (exact) mass is 556 g/mol. The third-order valence-electron chi connectivity index (χ3n) is 6.45. The van der Waals surface area contributed by atoms with E-state index >= 15 is 17.6 Å². The Morgan fingerprint density at radius 3 is 0.900 bits per heavy atom. The van der Waals surface area contributed by atoms with Crippen molar-refractivity contribution >= 4 is 11.4 Å². The molecule has 0 unspecified atom stereocenters. The molecule has 40 heavy (non-hydrogen) atoms. The standard InChI is InChI=1S/C18H12F4N18/c19-17(20)15(37-9-25-3-31-37,38-10-26-4-32-38)13(35-7-23-1-29-35)14(36-8-24-2-30-36)16(18(17,21)22,39-11-27-5-33-39)40-12-28-6-34-40/h1-12H. The van der Waals surface area contributed by atoms with Crippen LogP contribution in [0.1, 0.15) is 0 Å². The molecule has 202 valence electrons. The van der Waals surface area contributed by atoms with Crippen LogP contribution in [0.15, 0.2) is 75.9 Å². The first-order chi connectivity index (χ1) is 19.4. The van der Waals surface area contributed by atoms with Crippen LogP contribution in [0.3, 0.4) is 0 Å². The Kier molecular flexibility index (Phi) is 4.63. The van der Waals surface area contributed by atoms with Gasteiger partial charge in [0.2, 0.25) is 0 Å². The lowest BCUT2D eigenvalue weighted by Crippen LogP contribution is -2.77. The maximum absolute atomic E-state index is 17.4. The average Bonchev–Trinajstić information content (AvgIpc) is 3.80. The van der Waals surface area contributed by atoms with Crippen molar-refractivity contribution in [1.29, 1.82) is 0 Å². The molecule has 0 saturated carbocycles. The molecule has 0 atom stereocenters. The van der Waals surface area contributed by atoms with Gasteiger partial charge in [0, 0.05) is 0 Å². The highest BCUT2D eigenvalue weighted by atomic mass is 19.3. The Balaban J connectivity index is 1.82. The molecule has 0 aromatic carbocycles. The number of hydrogen-bond acceptors (Lipinski definition) is 12. The fourth-order valence-electron chi connectivity index (χ4n) is 4.97. The summed E-state index contributed by atoms with van der Waals surface area (Å²) in [7, 11) is 0. The molecule has 6 aromatic rings. The SMILES string of the molecule is FC1(F)C(n2cncn2)(n2cncn2)C(n2cncn2)=C(n2cncn2)C(n2cncn2)(n2cncn2)C1(F)F. The van der Waals surface area contributed by atoms with Crippen molar-refractivity contribution in [2.75, 3.05) is 0 Å². The van der Waals surface area contributed by atoms with Crippen LogP contribution in [-0.2, 0) is 11.3 Å². The molecular formula is C18H12F4N18. The van der Waals surface area contributed by atoms with E-state index in [1.54, 1.807) is 0 Å². The molecule has 1 aliphatic carbocycles. The van der Waals surface area contributed by atoms with Gasteiger partial charge in [-0.05, 0) is 0 Å². The maximum atomic E-state index is 17.4. The lowest BCUT2D eigenvalue weighted by atomic mass is 9.75. The van der Waals surface area contributed by atoms with Crippen LogP contribution in [0.2, 0.25) is 0 Å². The molecule has 22 heteroatoms. The lowest BCUT2D eigenvalue weighted by molar-refractivity contribution is -0.305. The highest BCUT2D eigenvalue weighted by Gasteiger charge is 2.87. The van der Waals surface area contributed by atoms with E-state index < -0.39 is 34.6 Å². The average molecular weight is 556 g/mol. The van der Waals surface area contributed by atoms with E-state index in [2.05, 4.69) is 60.5 Å². The number of nitrogens with zero attached hydrogens (tertiary/aromatic N) is 18. The van der Waals surface area contributed by atoms with Crippen LogP contribution in [0.25, 0.3) is 11.4 Å². The van der Waals surface area contributed by atoms with Gasteiger partial charge in [0.05, 0.1) is 0 Å². The van der Waals surface area contributed by atoms with Gasteiger partial charge < -0.3 is 0 Å². The van der Waals surface area contributed by atoms with Gasteiger partial charge >= 0.3 is 11.8 Å². The van der Waals surface area contributed by atoms with Crippen LogP contribution in [0.5, 0.6) is 0 Å². The second-order valence-corrected chi connectivity index (χ2v) is 8.23. The lowest BCUT2D eigenvalue weighted by Gasteiger charge is -2.54. The summed E-state index contributed by atoms with van der Waals surface area (Å²) in [5, 5.41) is 23.6. The second-order valence-electron chi connectivity index (χ2n) is 8.23. The number of aromatic nitrogens is 18. The predicted octanol–water partition coefficient (Wildman–Crippen LogP) is -0.852. The van der Waals surface area contributed by atoms with Crippen molar-refractivity contribution in [2.24, 2.45) is 0 Å². The van der Waals surface area contributed by atoms with Gasteiger partial charge in [-0.3, -0.25) is 0 Å². The van der Waals surface area contributed by atoms with Crippen LogP contribution >= 0.6 is 0 Å². The summed E-state index contributed by atoms with van der Waals surface area (Å²) in [6.45, 7) is 0. The van der Waals surface area contributed by atoms with Gasteiger partial charge in [0.1, 0.15) is 87.3 Å². The molecular weight excluding hydrogens is 544 g/mol. The zero-order valence-corrected chi connectivity index (χ0v) is 19.5. The molecule has 18 nitrogen and oxygen atoms in total. The highest BCUT2D eigenvalue weighted by Crippen LogP contribution is 2.64. The van der Waals surface area contributed by atoms with Gasteiger partial charge in [-0.25, -0.2) is 58.0 Å². The summed E-state index contributed by atoms with van der Waals surface area (Å²) in [5.41, 5.74) is -8.03. The first-order valence-corrected chi connectivity index (χ1v) is 11.0. The zero-order valence-electron chi connectivity index (χ0n) is 19.5. The quantitative estimate of drug-likeness (QED) is 0.232. The van der Waals surface area contributed by atoms with Gasteiger partial charge in [-0.2, -0.15) is 48.2 Å². The van der Waals surface area contributed by atoms with E-state index in [9.17, 15) is 0 Å². The Labute approximate surface area is 217 Å².